The van der Waals surface area contributed by atoms with E-state index in [9.17, 15) is 9.59 Å². The summed E-state index contributed by atoms with van der Waals surface area (Å²) in [6.45, 7) is 2.20. The standard InChI is InChI=1S/C11H17NO4/c1-5-7-3-6(4-8(5)7)9(10(13)14)12-11(15)16-2/h5-9H,3-4H2,1-2H3,(H,12,15)(H,13,14)/t5-,6+,7+,8-,9?. The highest BCUT2D eigenvalue weighted by molar-refractivity contribution is 5.80. The monoisotopic (exact) mass is 227 g/mol. The van der Waals surface area contributed by atoms with Gasteiger partial charge in [-0.15, -0.1) is 0 Å². The molecular weight excluding hydrogens is 210 g/mol. The Labute approximate surface area is 94.2 Å². The molecule has 2 aliphatic carbocycles. The van der Waals surface area contributed by atoms with Gasteiger partial charge < -0.3 is 15.2 Å². The summed E-state index contributed by atoms with van der Waals surface area (Å²) >= 11 is 0. The molecule has 5 atom stereocenters. The van der Waals surface area contributed by atoms with E-state index in [1.54, 1.807) is 0 Å². The minimum Gasteiger partial charge on any atom is -0.480 e. The van der Waals surface area contributed by atoms with Crippen LogP contribution in [0.15, 0.2) is 0 Å². The molecule has 0 spiro atoms. The molecular formula is C11H17NO4. The second-order valence-corrected chi connectivity index (χ2v) is 4.87. The van der Waals surface area contributed by atoms with Crippen molar-refractivity contribution in [3.05, 3.63) is 0 Å². The van der Waals surface area contributed by atoms with Gasteiger partial charge in [0, 0.05) is 0 Å². The summed E-state index contributed by atoms with van der Waals surface area (Å²) in [5.41, 5.74) is 0. The van der Waals surface area contributed by atoms with Crippen LogP contribution in [-0.2, 0) is 9.53 Å². The number of carboxylic acids is 1. The molecule has 0 aliphatic heterocycles. The molecule has 2 fully saturated rings. The van der Waals surface area contributed by atoms with Gasteiger partial charge in [-0.1, -0.05) is 6.92 Å². The van der Waals surface area contributed by atoms with Crippen LogP contribution in [0.2, 0.25) is 0 Å². The lowest BCUT2D eigenvalue weighted by molar-refractivity contribution is -0.140. The summed E-state index contributed by atoms with van der Waals surface area (Å²) in [5, 5.41) is 11.5. The molecule has 0 heterocycles. The van der Waals surface area contributed by atoms with E-state index in [1.807, 2.05) is 0 Å². The topological polar surface area (TPSA) is 75.6 Å². The van der Waals surface area contributed by atoms with Gasteiger partial charge in [-0.3, -0.25) is 0 Å². The van der Waals surface area contributed by atoms with E-state index >= 15 is 0 Å². The van der Waals surface area contributed by atoms with Crippen LogP contribution in [0.1, 0.15) is 19.8 Å². The number of aliphatic carboxylic acids is 1. The minimum absolute atomic E-state index is 0.0581. The van der Waals surface area contributed by atoms with E-state index in [1.165, 1.54) is 7.11 Å². The van der Waals surface area contributed by atoms with E-state index < -0.39 is 18.1 Å². The van der Waals surface area contributed by atoms with Crippen LogP contribution in [0.5, 0.6) is 0 Å². The van der Waals surface area contributed by atoms with Crippen molar-refractivity contribution in [1.82, 2.24) is 5.32 Å². The van der Waals surface area contributed by atoms with Gasteiger partial charge in [0.15, 0.2) is 0 Å². The second kappa shape index (κ2) is 3.96. The fourth-order valence-electron chi connectivity index (χ4n) is 3.05. The molecule has 0 saturated heterocycles. The van der Waals surface area contributed by atoms with Gasteiger partial charge in [-0.2, -0.15) is 0 Å². The number of ether oxygens (including phenoxy) is 1. The van der Waals surface area contributed by atoms with Crippen LogP contribution in [0.25, 0.3) is 0 Å². The quantitative estimate of drug-likeness (QED) is 0.756. The third-order valence-electron chi connectivity index (χ3n) is 4.11. The zero-order chi connectivity index (χ0) is 11.9. The Morgan fingerprint density at radius 1 is 1.38 bits per heavy atom. The number of carboxylic acid groups (broad SMARTS) is 1. The molecule has 2 saturated carbocycles. The summed E-state index contributed by atoms with van der Waals surface area (Å²) in [6, 6.07) is -0.799. The third-order valence-corrected chi connectivity index (χ3v) is 4.11. The van der Waals surface area contributed by atoms with Gasteiger partial charge in [0.25, 0.3) is 0 Å². The lowest BCUT2D eigenvalue weighted by Crippen LogP contribution is -2.45. The van der Waals surface area contributed by atoms with Gasteiger partial charge in [0.2, 0.25) is 0 Å². The molecule has 2 aliphatic rings. The first kappa shape index (κ1) is 11.2. The Hall–Kier alpha value is -1.26. The van der Waals surface area contributed by atoms with E-state index in [-0.39, 0.29) is 5.92 Å². The number of rotatable bonds is 3. The average molecular weight is 227 g/mol. The Bertz CT molecular complexity index is 305. The van der Waals surface area contributed by atoms with Crippen molar-refractivity contribution in [2.45, 2.75) is 25.8 Å². The summed E-state index contributed by atoms with van der Waals surface area (Å²) in [4.78, 5) is 22.1. The van der Waals surface area contributed by atoms with Crippen molar-refractivity contribution in [3.63, 3.8) is 0 Å². The van der Waals surface area contributed by atoms with Gasteiger partial charge in [-0.25, -0.2) is 9.59 Å². The number of hydrogen-bond acceptors (Lipinski definition) is 3. The van der Waals surface area contributed by atoms with E-state index in [2.05, 4.69) is 17.0 Å². The van der Waals surface area contributed by atoms with Crippen LogP contribution in [0.4, 0.5) is 4.79 Å². The Balaban J connectivity index is 1.93. The zero-order valence-corrected chi connectivity index (χ0v) is 9.47. The maximum atomic E-state index is 11.1. The number of methoxy groups -OCH3 is 1. The summed E-state index contributed by atoms with van der Waals surface area (Å²) in [7, 11) is 1.24. The van der Waals surface area contributed by atoms with E-state index in [4.69, 9.17) is 5.11 Å². The smallest absolute Gasteiger partial charge is 0.407 e. The van der Waals surface area contributed by atoms with Gasteiger partial charge in [0.1, 0.15) is 6.04 Å². The van der Waals surface area contributed by atoms with Crippen LogP contribution in [0, 0.1) is 23.7 Å². The molecule has 0 aromatic carbocycles. The normalized spacial score (nSPS) is 37.4. The van der Waals surface area contributed by atoms with Crippen LogP contribution < -0.4 is 5.32 Å². The van der Waals surface area contributed by atoms with Gasteiger partial charge in [-0.05, 0) is 36.5 Å². The predicted octanol–water partition coefficient (Wildman–Crippen LogP) is 1.09. The Morgan fingerprint density at radius 3 is 2.38 bits per heavy atom. The van der Waals surface area contributed by atoms with Gasteiger partial charge >= 0.3 is 12.1 Å². The van der Waals surface area contributed by atoms with Crippen molar-refractivity contribution in [1.29, 1.82) is 0 Å². The molecule has 5 heteroatoms. The molecule has 90 valence electrons. The van der Waals surface area contributed by atoms with Crippen LogP contribution in [-0.4, -0.2) is 30.3 Å². The molecule has 1 unspecified atom stereocenters. The lowest BCUT2D eigenvalue weighted by atomic mass is 9.92. The molecule has 0 aromatic heterocycles. The first-order chi connectivity index (χ1) is 7.54. The van der Waals surface area contributed by atoms with Crippen LogP contribution >= 0.6 is 0 Å². The minimum atomic E-state index is -0.968. The molecule has 16 heavy (non-hydrogen) atoms. The van der Waals surface area contributed by atoms with E-state index in [0.29, 0.717) is 11.8 Å². The van der Waals surface area contributed by atoms with Crippen LogP contribution in [0.3, 0.4) is 0 Å². The number of alkyl carbamates (subject to hydrolysis) is 1. The first-order valence-electron chi connectivity index (χ1n) is 5.62. The number of amides is 1. The van der Waals surface area contributed by atoms with Crippen molar-refractivity contribution >= 4 is 12.1 Å². The van der Waals surface area contributed by atoms with Crippen molar-refractivity contribution in [2.24, 2.45) is 23.7 Å². The van der Waals surface area contributed by atoms with E-state index in [0.717, 1.165) is 18.8 Å². The molecule has 1 amide bonds. The highest BCUT2D eigenvalue weighted by Gasteiger charge is 2.55. The fraction of sp³-hybridized carbons (Fsp3) is 0.818. The van der Waals surface area contributed by atoms with Gasteiger partial charge in [0.05, 0.1) is 7.11 Å². The maximum absolute atomic E-state index is 11.1. The number of hydrogen-bond donors (Lipinski definition) is 2. The predicted molar refractivity (Wildman–Crippen MR) is 55.8 cm³/mol. The molecule has 0 bridgehead atoms. The highest BCUT2D eigenvalue weighted by Crippen LogP contribution is 2.59. The molecule has 5 nitrogen and oxygen atoms in total. The first-order valence-corrected chi connectivity index (χ1v) is 5.62. The number of carbonyl (C=O) groups excluding carboxylic acids is 1. The number of nitrogens with one attached hydrogen (secondary N) is 1. The number of fused-ring (bicyclic) bond motifs is 1. The van der Waals surface area contributed by atoms with Crippen molar-refractivity contribution in [2.75, 3.05) is 7.11 Å². The molecule has 2 N–H and O–H groups in total. The molecule has 2 rings (SSSR count). The lowest BCUT2D eigenvalue weighted by Gasteiger charge is -2.21. The number of carbonyl (C=O) groups is 2. The maximum Gasteiger partial charge on any atom is 0.407 e. The fourth-order valence-corrected chi connectivity index (χ4v) is 3.05. The molecule has 0 aromatic rings. The zero-order valence-electron chi connectivity index (χ0n) is 9.47. The Kier molecular flexibility index (Phi) is 2.78. The average Bonchev–Trinajstić information content (AvgIpc) is 2.67. The van der Waals surface area contributed by atoms with Crippen molar-refractivity contribution in [3.8, 4) is 0 Å². The largest absolute Gasteiger partial charge is 0.480 e. The Morgan fingerprint density at radius 2 is 1.94 bits per heavy atom. The second-order valence-electron chi connectivity index (χ2n) is 4.87. The summed E-state index contributed by atoms with van der Waals surface area (Å²) in [5.74, 6) is 1.17. The molecule has 0 radical (unpaired) electrons. The highest BCUT2D eigenvalue weighted by atomic mass is 16.5. The SMILES string of the molecule is COC(=O)NC(C(=O)O)[C@@H]1C[C@@H]2[C@H](C)[C@@H]2C1. The third kappa shape index (κ3) is 1.86. The summed E-state index contributed by atoms with van der Waals surface area (Å²) in [6.07, 6.45) is 1.15. The summed E-state index contributed by atoms with van der Waals surface area (Å²) < 4.78 is 4.44. The van der Waals surface area contributed by atoms with Crippen molar-refractivity contribution < 1.29 is 19.4 Å².